The van der Waals surface area contributed by atoms with Crippen molar-refractivity contribution in [3.63, 3.8) is 0 Å². The first kappa shape index (κ1) is 12.6. The Labute approximate surface area is 94.7 Å². The molecule has 0 atom stereocenters. The van der Waals surface area contributed by atoms with Gasteiger partial charge in [0.25, 0.3) is 10.1 Å². The van der Waals surface area contributed by atoms with Gasteiger partial charge in [-0.25, -0.2) is 0 Å². The fourth-order valence-electron chi connectivity index (χ4n) is 0.155. The number of rotatable bonds is 2. The summed E-state index contributed by atoms with van der Waals surface area (Å²) in [7, 11) is -3.94. The molecule has 0 amide bonds. The zero-order chi connectivity index (χ0) is 6.62. The zero-order valence-electron chi connectivity index (χ0n) is 4.11. The van der Waals surface area contributed by atoms with Crippen LogP contribution in [0.25, 0.3) is 0 Å². The van der Waals surface area contributed by atoms with Crippen LogP contribution in [0.1, 0.15) is 0 Å². The van der Waals surface area contributed by atoms with Crippen LogP contribution in [0.15, 0.2) is 24.1 Å². The van der Waals surface area contributed by atoms with Gasteiger partial charge in [-0.3, -0.25) is 4.55 Å². The third kappa shape index (κ3) is 12.2. The summed E-state index contributed by atoms with van der Waals surface area (Å²) in [6, 6.07) is 0. The van der Waals surface area contributed by atoms with Crippen LogP contribution >= 0.6 is 0 Å². The molecule has 0 rings (SSSR count). The Morgan fingerprint density at radius 1 is 1.44 bits per heavy atom. The molecule has 3 nitrogen and oxygen atoms in total. The van der Waals surface area contributed by atoms with E-state index in [2.05, 4.69) is 6.58 Å². The molecule has 0 saturated carbocycles. The maximum atomic E-state index is 9.81. The Kier molecular flexibility index (Phi) is 8.03. The molecule has 9 heavy (non-hydrogen) atoms. The van der Waals surface area contributed by atoms with Gasteiger partial charge in [0.15, 0.2) is 0 Å². The van der Waals surface area contributed by atoms with E-state index in [-0.39, 0.29) is 48.9 Å². The normalized spacial score (nSPS) is 10.8. The molecule has 0 radical (unpaired) electrons. The van der Waals surface area contributed by atoms with Crippen molar-refractivity contribution in [1.82, 2.24) is 0 Å². The minimum absolute atomic E-state index is 0. The molecule has 0 aromatic heterocycles. The average molecular weight is 274 g/mol. The first-order valence-electron chi connectivity index (χ1n) is 1.83. The van der Waals surface area contributed by atoms with Crippen molar-refractivity contribution in [3.05, 3.63) is 24.1 Å². The fourth-order valence-corrected chi connectivity index (χ4v) is 0.465. The van der Waals surface area contributed by atoms with E-state index in [9.17, 15) is 8.42 Å². The molecule has 0 aromatic carbocycles. The van der Waals surface area contributed by atoms with Crippen LogP contribution in [0.3, 0.4) is 0 Å². The summed E-state index contributed by atoms with van der Waals surface area (Å²) < 4.78 is 27.6. The van der Waals surface area contributed by atoms with Gasteiger partial charge < -0.3 is 0 Å². The monoisotopic (exact) mass is 274 g/mol. The third-order valence-corrected chi connectivity index (χ3v) is 0.888. The second-order valence-electron chi connectivity index (χ2n) is 1.08. The van der Waals surface area contributed by atoms with Crippen molar-refractivity contribution in [2.75, 3.05) is 0 Å². The van der Waals surface area contributed by atoms with Gasteiger partial charge in [0.1, 0.15) is 0 Å². The zero-order valence-corrected chi connectivity index (χ0v) is 4.93. The van der Waals surface area contributed by atoms with Crippen molar-refractivity contribution in [2.24, 2.45) is 0 Å². The summed E-state index contributed by atoms with van der Waals surface area (Å²) in [4.78, 5) is 0. The molecule has 50 valence electrons. The molecule has 0 heterocycles. The summed E-state index contributed by atoms with van der Waals surface area (Å²) >= 11 is 0. The van der Waals surface area contributed by atoms with Gasteiger partial charge in [-0.2, -0.15) is 8.42 Å². The van der Waals surface area contributed by atoms with E-state index in [0.717, 1.165) is 6.08 Å². The SMILES string of the molecule is C=CC=CS(=O)(=O)O.[BaH2]. The minimum atomic E-state index is -3.94. The van der Waals surface area contributed by atoms with Crippen LogP contribution in [0.5, 0.6) is 0 Å². The maximum absolute atomic E-state index is 9.81. The summed E-state index contributed by atoms with van der Waals surface area (Å²) in [5.74, 6) is 0. The van der Waals surface area contributed by atoms with E-state index in [0.29, 0.717) is 5.41 Å². The molecule has 0 aromatic rings. The van der Waals surface area contributed by atoms with Crippen molar-refractivity contribution in [2.45, 2.75) is 0 Å². The summed E-state index contributed by atoms with van der Waals surface area (Å²) in [5.41, 5.74) is 0. The molecule has 5 heteroatoms. The molecule has 0 unspecified atom stereocenters. The van der Waals surface area contributed by atoms with Crippen LogP contribution in [0, 0.1) is 0 Å². The number of allylic oxidation sites excluding steroid dienone is 2. The van der Waals surface area contributed by atoms with Gasteiger partial charge in [0.2, 0.25) is 0 Å². The van der Waals surface area contributed by atoms with Gasteiger partial charge in [-0.05, 0) is 6.08 Å². The number of hydrogen-bond donors (Lipinski definition) is 1. The standard InChI is InChI=1S/C4H6O3S.Ba.2H/c1-2-3-4-8(5,6)7;;;/h2-4H,1H2,(H,5,6,7);;;. The quantitative estimate of drug-likeness (QED) is 0.425. The predicted molar refractivity (Wildman–Crippen MR) is 39.4 cm³/mol. The fraction of sp³-hybridized carbons (Fsp3) is 0. The van der Waals surface area contributed by atoms with Gasteiger partial charge in [-0.1, -0.05) is 12.7 Å². The van der Waals surface area contributed by atoms with Gasteiger partial charge in [0, 0.05) is 0 Å². The summed E-state index contributed by atoms with van der Waals surface area (Å²) in [5, 5.41) is 0.653. The average Bonchev–Trinajstić information content (AvgIpc) is 1.59. The molecule has 0 aliphatic heterocycles. The molecule has 0 bridgehead atoms. The van der Waals surface area contributed by atoms with E-state index in [1.165, 1.54) is 6.08 Å². The first-order chi connectivity index (χ1) is 3.56. The van der Waals surface area contributed by atoms with Crippen LogP contribution < -0.4 is 0 Å². The Bertz CT molecular complexity index is 192. The second kappa shape index (κ2) is 5.72. The van der Waals surface area contributed by atoms with E-state index >= 15 is 0 Å². The summed E-state index contributed by atoms with van der Waals surface area (Å²) in [6.45, 7) is 3.20. The Morgan fingerprint density at radius 2 is 1.89 bits per heavy atom. The molecule has 0 saturated heterocycles. The molecule has 1 N–H and O–H groups in total. The van der Waals surface area contributed by atoms with Crippen LogP contribution in [-0.4, -0.2) is 61.9 Å². The topological polar surface area (TPSA) is 54.4 Å². The summed E-state index contributed by atoms with van der Waals surface area (Å²) in [6.07, 6.45) is 2.39. The second-order valence-corrected chi connectivity index (χ2v) is 2.38. The van der Waals surface area contributed by atoms with Crippen molar-refractivity contribution >= 4 is 59.0 Å². The van der Waals surface area contributed by atoms with Crippen LogP contribution in [-0.2, 0) is 10.1 Å². The molecular formula is C4H8BaO3S. The van der Waals surface area contributed by atoms with Crippen molar-refractivity contribution in [3.8, 4) is 0 Å². The Morgan fingerprint density at radius 3 is 2.00 bits per heavy atom. The molecule has 0 fully saturated rings. The van der Waals surface area contributed by atoms with Crippen molar-refractivity contribution < 1.29 is 13.0 Å². The van der Waals surface area contributed by atoms with Gasteiger partial charge in [-0.15, -0.1) is 0 Å². The van der Waals surface area contributed by atoms with E-state index in [1.54, 1.807) is 0 Å². The Hall–Kier alpha value is 0.961. The molecular weight excluding hydrogens is 265 g/mol. The van der Waals surface area contributed by atoms with Crippen LogP contribution in [0.4, 0.5) is 0 Å². The molecule has 0 aliphatic carbocycles. The first-order valence-corrected chi connectivity index (χ1v) is 3.33. The molecule has 0 spiro atoms. The van der Waals surface area contributed by atoms with E-state index < -0.39 is 10.1 Å². The van der Waals surface area contributed by atoms with Crippen molar-refractivity contribution in [1.29, 1.82) is 0 Å². The third-order valence-electron chi connectivity index (χ3n) is 0.387. The Balaban J connectivity index is 0. The van der Waals surface area contributed by atoms with Gasteiger partial charge >= 0.3 is 48.9 Å². The van der Waals surface area contributed by atoms with E-state index in [4.69, 9.17) is 4.55 Å². The van der Waals surface area contributed by atoms with E-state index in [1.807, 2.05) is 0 Å². The molecule has 0 aliphatic rings. The van der Waals surface area contributed by atoms with Crippen LogP contribution in [0.2, 0.25) is 0 Å². The predicted octanol–water partition coefficient (Wildman–Crippen LogP) is -0.342. The van der Waals surface area contributed by atoms with Gasteiger partial charge in [0.05, 0.1) is 5.41 Å². The number of hydrogen-bond acceptors (Lipinski definition) is 2.